The molecule has 1 amide bonds. The molecule has 0 saturated carbocycles. The number of likely N-dealkylation sites (tertiary alicyclic amines) is 1. The van der Waals surface area contributed by atoms with Crippen molar-refractivity contribution in [1.29, 1.82) is 0 Å². The van der Waals surface area contributed by atoms with E-state index in [2.05, 4.69) is 17.3 Å². The number of anilines is 1. The van der Waals surface area contributed by atoms with Gasteiger partial charge in [0.15, 0.2) is 0 Å². The molecule has 2 heterocycles. The second kappa shape index (κ2) is 12.1. The normalized spacial score (nSPS) is 18.1. The van der Waals surface area contributed by atoms with Crippen LogP contribution in [0.25, 0.3) is 0 Å². The predicted molar refractivity (Wildman–Crippen MR) is 140 cm³/mol. The van der Waals surface area contributed by atoms with Gasteiger partial charge in [0.1, 0.15) is 17.6 Å². The summed E-state index contributed by atoms with van der Waals surface area (Å²) in [6, 6.07) is 12.3. The number of carbonyl (C=O) groups is 1. The molecule has 9 heteroatoms. The van der Waals surface area contributed by atoms with Crippen LogP contribution in [0.5, 0.6) is 11.5 Å². The van der Waals surface area contributed by atoms with Gasteiger partial charge in [0.2, 0.25) is 15.9 Å². The minimum Gasteiger partial charge on any atom is -0.496 e. The van der Waals surface area contributed by atoms with E-state index in [0.29, 0.717) is 36.5 Å². The van der Waals surface area contributed by atoms with Gasteiger partial charge in [0, 0.05) is 38.3 Å². The van der Waals surface area contributed by atoms with Crippen molar-refractivity contribution >= 4 is 21.6 Å². The van der Waals surface area contributed by atoms with E-state index in [1.165, 1.54) is 0 Å². The van der Waals surface area contributed by atoms with Crippen molar-refractivity contribution in [3.63, 3.8) is 0 Å². The molecule has 196 valence electrons. The van der Waals surface area contributed by atoms with Crippen molar-refractivity contribution in [2.75, 3.05) is 45.7 Å². The van der Waals surface area contributed by atoms with Crippen molar-refractivity contribution < 1.29 is 22.7 Å². The van der Waals surface area contributed by atoms with Crippen molar-refractivity contribution in [3.8, 4) is 11.5 Å². The number of hydrogen-bond acceptors (Lipinski definition) is 6. The van der Waals surface area contributed by atoms with Crippen molar-refractivity contribution in [2.45, 2.75) is 55.9 Å². The number of benzene rings is 2. The van der Waals surface area contributed by atoms with Gasteiger partial charge in [-0.3, -0.25) is 4.79 Å². The van der Waals surface area contributed by atoms with E-state index in [-0.39, 0.29) is 23.3 Å². The van der Waals surface area contributed by atoms with Crippen LogP contribution in [0.15, 0.2) is 47.4 Å². The Morgan fingerprint density at radius 2 is 1.69 bits per heavy atom. The Morgan fingerprint density at radius 1 is 1.00 bits per heavy atom. The SMILES string of the molecule is COc1ccc(S(=O)(=O)N2CCCCC2)cc1CCC(=O)Nc1ccc(OC2CCN(C)CC2)cc1. The highest BCUT2D eigenvalue weighted by atomic mass is 32.2. The maximum absolute atomic E-state index is 13.1. The summed E-state index contributed by atoms with van der Waals surface area (Å²) in [6.45, 7) is 3.18. The fourth-order valence-electron chi connectivity index (χ4n) is 4.75. The quantitative estimate of drug-likeness (QED) is 0.545. The van der Waals surface area contributed by atoms with Crippen LogP contribution in [0.3, 0.4) is 0 Å². The summed E-state index contributed by atoms with van der Waals surface area (Å²) >= 11 is 0. The summed E-state index contributed by atoms with van der Waals surface area (Å²) in [5.74, 6) is 1.24. The van der Waals surface area contributed by atoms with Crippen molar-refractivity contribution in [3.05, 3.63) is 48.0 Å². The summed E-state index contributed by atoms with van der Waals surface area (Å²) in [5.41, 5.74) is 1.40. The minimum atomic E-state index is -3.55. The summed E-state index contributed by atoms with van der Waals surface area (Å²) in [4.78, 5) is 15.2. The van der Waals surface area contributed by atoms with E-state index in [1.54, 1.807) is 29.6 Å². The van der Waals surface area contributed by atoms with E-state index in [4.69, 9.17) is 9.47 Å². The fourth-order valence-corrected chi connectivity index (χ4v) is 6.32. The first-order chi connectivity index (χ1) is 17.3. The maximum Gasteiger partial charge on any atom is 0.243 e. The molecule has 0 aromatic heterocycles. The molecule has 2 aromatic carbocycles. The molecular formula is C27H37N3O5S. The molecule has 2 aliphatic heterocycles. The zero-order valence-corrected chi connectivity index (χ0v) is 22.1. The molecule has 0 aliphatic carbocycles. The number of methoxy groups -OCH3 is 1. The van der Waals surface area contributed by atoms with Gasteiger partial charge in [-0.25, -0.2) is 8.42 Å². The number of amides is 1. The lowest BCUT2D eigenvalue weighted by molar-refractivity contribution is -0.116. The van der Waals surface area contributed by atoms with Crippen LogP contribution >= 0.6 is 0 Å². The van der Waals surface area contributed by atoms with Crippen LogP contribution in [-0.4, -0.2) is 70.0 Å². The molecule has 36 heavy (non-hydrogen) atoms. The molecule has 0 radical (unpaired) electrons. The highest BCUT2D eigenvalue weighted by Gasteiger charge is 2.26. The summed E-state index contributed by atoms with van der Waals surface area (Å²) in [5, 5.41) is 2.91. The van der Waals surface area contributed by atoms with E-state index >= 15 is 0 Å². The monoisotopic (exact) mass is 515 g/mol. The lowest BCUT2D eigenvalue weighted by Crippen LogP contribution is -2.35. The second-order valence-corrected chi connectivity index (χ2v) is 11.6. The van der Waals surface area contributed by atoms with Gasteiger partial charge in [-0.15, -0.1) is 0 Å². The molecular weight excluding hydrogens is 478 g/mol. The lowest BCUT2D eigenvalue weighted by Gasteiger charge is -2.29. The highest BCUT2D eigenvalue weighted by molar-refractivity contribution is 7.89. The molecule has 0 bridgehead atoms. The number of sulfonamides is 1. The average molecular weight is 516 g/mol. The smallest absolute Gasteiger partial charge is 0.243 e. The molecule has 2 aromatic rings. The largest absolute Gasteiger partial charge is 0.496 e. The summed E-state index contributed by atoms with van der Waals surface area (Å²) in [6.07, 6.45) is 5.65. The highest BCUT2D eigenvalue weighted by Crippen LogP contribution is 2.27. The molecule has 2 saturated heterocycles. The standard InChI is InChI=1S/C27H37N3O5S/c1-29-18-14-24(15-19-29)35-23-9-7-22(8-10-23)28-27(31)13-6-21-20-25(11-12-26(21)34-2)36(32,33)30-16-4-3-5-17-30/h7-12,20,24H,3-6,13-19H2,1-2H3,(H,28,31). The number of rotatable bonds is 9. The Morgan fingerprint density at radius 3 is 2.36 bits per heavy atom. The second-order valence-electron chi connectivity index (χ2n) is 9.63. The third-order valence-corrected chi connectivity index (χ3v) is 8.83. The molecule has 4 rings (SSSR count). The minimum absolute atomic E-state index is 0.148. The van der Waals surface area contributed by atoms with Crippen LogP contribution in [-0.2, 0) is 21.2 Å². The Bertz CT molecular complexity index is 1120. The molecule has 0 atom stereocenters. The number of carbonyl (C=O) groups excluding carboxylic acids is 1. The number of ether oxygens (including phenoxy) is 2. The maximum atomic E-state index is 13.1. The molecule has 0 spiro atoms. The topological polar surface area (TPSA) is 88.2 Å². The van der Waals surface area contributed by atoms with Gasteiger partial charge in [0.05, 0.1) is 12.0 Å². The molecule has 1 N–H and O–H groups in total. The zero-order chi connectivity index (χ0) is 25.5. The summed E-state index contributed by atoms with van der Waals surface area (Å²) < 4.78 is 39.2. The Hall–Kier alpha value is -2.62. The first-order valence-electron chi connectivity index (χ1n) is 12.8. The first-order valence-corrected chi connectivity index (χ1v) is 14.2. The van der Waals surface area contributed by atoms with Crippen LogP contribution in [0.2, 0.25) is 0 Å². The van der Waals surface area contributed by atoms with E-state index < -0.39 is 10.0 Å². The Balaban J connectivity index is 1.33. The number of aryl methyl sites for hydroxylation is 1. The Kier molecular flexibility index (Phi) is 8.87. The Labute approximate surface area is 214 Å². The van der Waals surface area contributed by atoms with Crippen LogP contribution in [0.1, 0.15) is 44.1 Å². The zero-order valence-electron chi connectivity index (χ0n) is 21.2. The molecule has 0 unspecified atom stereocenters. The van der Waals surface area contributed by atoms with Gasteiger partial charge in [-0.1, -0.05) is 6.42 Å². The van der Waals surface area contributed by atoms with Gasteiger partial charge in [-0.05, 0) is 87.2 Å². The number of piperidine rings is 2. The van der Waals surface area contributed by atoms with Gasteiger partial charge in [0.25, 0.3) is 0 Å². The molecule has 2 aliphatic rings. The first kappa shape index (κ1) is 26.4. The average Bonchev–Trinajstić information content (AvgIpc) is 2.90. The third-order valence-electron chi connectivity index (χ3n) is 6.93. The number of nitrogens with one attached hydrogen (secondary N) is 1. The van der Waals surface area contributed by atoms with Crippen molar-refractivity contribution in [2.24, 2.45) is 0 Å². The van der Waals surface area contributed by atoms with Gasteiger partial charge in [-0.2, -0.15) is 4.31 Å². The number of hydrogen-bond donors (Lipinski definition) is 1. The van der Waals surface area contributed by atoms with E-state index in [0.717, 1.165) is 50.9 Å². The van der Waals surface area contributed by atoms with Crippen LogP contribution < -0.4 is 14.8 Å². The predicted octanol–water partition coefficient (Wildman–Crippen LogP) is 3.91. The molecule has 2 fully saturated rings. The van der Waals surface area contributed by atoms with Crippen LogP contribution in [0.4, 0.5) is 5.69 Å². The van der Waals surface area contributed by atoms with Crippen LogP contribution in [0, 0.1) is 0 Å². The molecule has 8 nitrogen and oxygen atoms in total. The lowest BCUT2D eigenvalue weighted by atomic mass is 10.1. The fraction of sp³-hybridized carbons (Fsp3) is 0.519. The van der Waals surface area contributed by atoms with E-state index in [1.807, 2.05) is 24.3 Å². The van der Waals surface area contributed by atoms with Gasteiger partial charge >= 0.3 is 0 Å². The third kappa shape index (κ3) is 6.78. The summed E-state index contributed by atoms with van der Waals surface area (Å²) in [7, 11) is 0.120. The van der Waals surface area contributed by atoms with Gasteiger partial charge < -0.3 is 19.7 Å². The van der Waals surface area contributed by atoms with E-state index in [9.17, 15) is 13.2 Å². The number of nitrogens with zero attached hydrogens (tertiary/aromatic N) is 2. The van der Waals surface area contributed by atoms with Crippen molar-refractivity contribution in [1.82, 2.24) is 9.21 Å².